The monoisotopic (exact) mass is 349 g/mol. The summed E-state index contributed by atoms with van der Waals surface area (Å²) in [6.07, 6.45) is 14.6. The first-order valence-electron chi connectivity index (χ1n) is 10.4. The van der Waals surface area contributed by atoms with Crippen molar-refractivity contribution in [1.82, 2.24) is 5.06 Å². The lowest BCUT2D eigenvalue weighted by atomic mass is 10.1. The molecule has 3 nitrogen and oxygen atoms in total. The average Bonchev–Trinajstić information content (AvgIpc) is 2.62. The highest BCUT2D eigenvalue weighted by molar-refractivity contribution is 5.25. The number of rotatable bonds is 16. The molecule has 1 aromatic carbocycles. The Hall–Kier alpha value is -1.06. The number of benzene rings is 1. The van der Waals surface area contributed by atoms with Crippen molar-refractivity contribution in [2.24, 2.45) is 0 Å². The van der Waals surface area contributed by atoms with Crippen molar-refractivity contribution in [3.05, 3.63) is 29.8 Å². The van der Waals surface area contributed by atoms with E-state index in [1.54, 1.807) is 12.1 Å². The van der Waals surface area contributed by atoms with Gasteiger partial charge in [-0.15, -0.1) is 0 Å². The highest BCUT2D eigenvalue weighted by Crippen LogP contribution is 2.12. The van der Waals surface area contributed by atoms with Crippen molar-refractivity contribution in [3.8, 4) is 5.75 Å². The van der Waals surface area contributed by atoms with Crippen LogP contribution in [0.3, 0.4) is 0 Å². The minimum atomic E-state index is 0.329. The predicted molar refractivity (Wildman–Crippen MR) is 107 cm³/mol. The molecule has 0 radical (unpaired) electrons. The molecule has 0 atom stereocenters. The van der Waals surface area contributed by atoms with E-state index in [9.17, 15) is 5.11 Å². The number of unbranched alkanes of at least 4 members (excludes halogenated alkanes) is 9. The van der Waals surface area contributed by atoms with E-state index >= 15 is 0 Å². The van der Waals surface area contributed by atoms with Gasteiger partial charge < -0.3 is 5.11 Å². The summed E-state index contributed by atoms with van der Waals surface area (Å²) in [5.74, 6) is 0.329. The van der Waals surface area contributed by atoms with E-state index in [1.807, 2.05) is 19.1 Å². The van der Waals surface area contributed by atoms with Gasteiger partial charge in [0.15, 0.2) is 0 Å². The second kappa shape index (κ2) is 15.2. The van der Waals surface area contributed by atoms with Crippen LogP contribution in [0.25, 0.3) is 0 Å². The summed E-state index contributed by atoms with van der Waals surface area (Å²) in [4.78, 5) is 5.75. The molecule has 0 aromatic heterocycles. The molecule has 0 saturated heterocycles. The lowest BCUT2D eigenvalue weighted by molar-refractivity contribution is -0.154. The van der Waals surface area contributed by atoms with Crippen molar-refractivity contribution in [3.63, 3.8) is 0 Å². The van der Waals surface area contributed by atoms with E-state index in [4.69, 9.17) is 4.84 Å². The van der Waals surface area contributed by atoms with Gasteiger partial charge in [0.05, 0.1) is 6.61 Å². The summed E-state index contributed by atoms with van der Waals surface area (Å²) in [5.41, 5.74) is 1.24. The number of aromatic hydroxyl groups is 1. The first-order valence-corrected chi connectivity index (χ1v) is 10.4. The third kappa shape index (κ3) is 12.0. The van der Waals surface area contributed by atoms with E-state index < -0.39 is 0 Å². The molecular weight excluding hydrogens is 310 g/mol. The third-order valence-electron chi connectivity index (χ3n) is 4.66. The maximum atomic E-state index is 9.34. The van der Waals surface area contributed by atoms with Crippen LogP contribution in [-0.4, -0.2) is 29.9 Å². The summed E-state index contributed by atoms with van der Waals surface area (Å²) in [5, 5.41) is 11.5. The summed E-state index contributed by atoms with van der Waals surface area (Å²) in [7, 11) is 0. The van der Waals surface area contributed by atoms with Crippen LogP contribution in [0.5, 0.6) is 5.75 Å². The quantitative estimate of drug-likeness (QED) is 0.289. The van der Waals surface area contributed by atoms with Gasteiger partial charge in [-0.25, -0.2) is 0 Å². The predicted octanol–water partition coefficient (Wildman–Crippen LogP) is 6.11. The molecule has 0 heterocycles. The minimum absolute atomic E-state index is 0.329. The van der Waals surface area contributed by atoms with Gasteiger partial charge in [-0.3, -0.25) is 4.84 Å². The molecule has 0 aliphatic carbocycles. The number of hydrogen-bond donors (Lipinski definition) is 1. The summed E-state index contributed by atoms with van der Waals surface area (Å²) < 4.78 is 0. The maximum Gasteiger partial charge on any atom is 0.115 e. The van der Waals surface area contributed by atoms with Crippen LogP contribution in [0.4, 0.5) is 0 Å². The molecule has 1 N–H and O–H groups in total. The number of hydrogen-bond acceptors (Lipinski definition) is 3. The first kappa shape index (κ1) is 22.0. The van der Waals surface area contributed by atoms with E-state index in [1.165, 1.54) is 69.8 Å². The molecule has 144 valence electrons. The van der Waals surface area contributed by atoms with Crippen molar-refractivity contribution < 1.29 is 9.94 Å². The van der Waals surface area contributed by atoms with E-state index in [2.05, 4.69) is 12.0 Å². The fraction of sp³-hybridized carbons (Fsp3) is 0.727. The fourth-order valence-corrected chi connectivity index (χ4v) is 3.12. The molecule has 0 amide bonds. The molecular formula is C22H39NO2. The molecule has 0 bridgehead atoms. The van der Waals surface area contributed by atoms with Gasteiger partial charge in [0, 0.05) is 13.1 Å². The Morgan fingerprint density at radius 1 is 0.760 bits per heavy atom. The standard InChI is InChI=1S/C22H39NO2/c1-3-5-6-7-8-9-10-11-12-13-19-23(25-4-2)20-18-21-14-16-22(24)17-15-21/h14-17,24H,3-13,18-20H2,1-2H3. The van der Waals surface area contributed by atoms with Gasteiger partial charge in [-0.05, 0) is 37.5 Å². The van der Waals surface area contributed by atoms with Gasteiger partial charge in [-0.1, -0.05) is 76.8 Å². The zero-order valence-electron chi connectivity index (χ0n) is 16.5. The number of hydroxylamine groups is 2. The van der Waals surface area contributed by atoms with Crippen LogP contribution < -0.4 is 0 Å². The molecule has 1 rings (SSSR count). The van der Waals surface area contributed by atoms with Gasteiger partial charge in [0.2, 0.25) is 0 Å². The van der Waals surface area contributed by atoms with Crippen molar-refractivity contribution in [1.29, 1.82) is 0 Å². The highest BCUT2D eigenvalue weighted by atomic mass is 16.7. The number of phenols is 1. The van der Waals surface area contributed by atoms with Crippen molar-refractivity contribution in [2.75, 3.05) is 19.7 Å². The fourth-order valence-electron chi connectivity index (χ4n) is 3.12. The third-order valence-corrected chi connectivity index (χ3v) is 4.66. The average molecular weight is 350 g/mol. The minimum Gasteiger partial charge on any atom is -0.508 e. The van der Waals surface area contributed by atoms with Crippen LogP contribution in [0.15, 0.2) is 24.3 Å². The molecule has 0 saturated carbocycles. The van der Waals surface area contributed by atoms with Gasteiger partial charge in [-0.2, -0.15) is 5.06 Å². The molecule has 25 heavy (non-hydrogen) atoms. The normalized spacial score (nSPS) is 11.3. The van der Waals surface area contributed by atoms with Crippen LogP contribution in [0, 0.1) is 0 Å². The van der Waals surface area contributed by atoms with E-state index in [0.29, 0.717) is 5.75 Å². The summed E-state index contributed by atoms with van der Waals surface area (Å²) >= 11 is 0. The van der Waals surface area contributed by atoms with E-state index in [-0.39, 0.29) is 0 Å². The Balaban J connectivity index is 2.05. The molecule has 3 heteroatoms. The number of nitrogens with zero attached hydrogens (tertiary/aromatic N) is 1. The lowest BCUT2D eigenvalue weighted by Crippen LogP contribution is -2.27. The SMILES string of the molecule is CCCCCCCCCCCCN(CCc1ccc(O)cc1)OCC. The molecule has 1 aromatic rings. The van der Waals surface area contributed by atoms with Crippen LogP contribution in [0.2, 0.25) is 0 Å². The van der Waals surface area contributed by atoms with Gasteiger partial charge in [0.25, 0.3) is 0 Å². The summed E-state index contributed by atoms with van der Waals surface area (Å²) in [6.45, 7) is 6.98. The topological polar surface area (TPSA) is 32.7 Å². The molecule has 0 unspecified atom stereocenters. The molecule has 0 aliphatic heterocycles. The number of phenolic OH excluding ortho intramolecular Hbond substituents is 1. The Morgan fingerprint density at radius 2 is 1.32 bits per heavy atom. The van der Waals surface area contributed by atoms with E-state index in [0.717, 1.165) is 26.1 Å². The Morgan fingerprint density at radius 3 is 1.88 bits per heavy atom. The summed E-state index contributed by atoms with van der Waals surface area (Å²) in [6, 6.07) is 7.48. The van der Waals surface area contributed by atoms with Crippen LogP contribution in [-0.2, 0) is 11.3 Å². The smallest absolute Gasteiger partial charge is 0.115 e. The van der Waals surface area contributed by atoms with Crippen molar-refractivity contribution in [2.45, 2.75) is 84.5 Å². The zero-order chi connectivity index (χ0) is 18.2. The Labute approximate surface area is 155 Å². The van der Waals surface area contributed by atoms with Gasteiger partial charge in [0.1, 0.15) is 5.75 Å². The zero-order valence-corrected chi connectivity index (χ0v) is 16.5. The molecule has 0 spiro atoms. The first-order chi connectivity index (χ1) is 12.3. The lowest BCUT2D eigenvalue weighted by Gasteiger charge is -2.21. The van der Waals surface area contributed by atoms with Gasteiger partial charge >= 0.3 is 0 Å². The second-order valence-corrected chi connectivity index (χ2v) is 6.95. The largest absolute Gasteiger partial charge is 0.508 e. The van der Waals surface area contributed by atoms with Crippen LogP contribution in [0.1, 0.15) is 83.6 Å². The molecule has 0 fully saturated rings. The highest BCUT2D eigenvalue weighted by Gasteiger charge is 2.05. The Bertz CT molecular complexity index is 405. The van der Waals surface area contributed by atoms with Crippen LogP contribution >= 0.6 is 0 Å². The maximum absolute atomic E-state index is 9.34. The Kier molecular flexibility index (Phi) is 13.4. The second-order valence-electron chi connectivity index (χ2n) is 6.95. The van der Waals surface area contributed by atoms with Crippen molar-refractivity contribution >= 4 is 0 Å². The molecule has 0 aliphatic rings.